The highest BCUT2D eigenvalue weighted by atomic mass is 35.5. The van der Waals surface area contributed by atoms with Gasteiger partial charge in [-0.05, 0) is 25.8 Å². The first-order chi connectivity index (χ1) is 18.6. The Balaban J connectivity index is 1.46. The number of nitrogens with zero attached hydrogens (tertiary/aromatic N) is 4. The molecule has 2 aliphatic rings. The van der Waals surface area contributed by atoms with Crippen LogP contribution in [0, 0.1) is 0 Å². The van der Waals surface area contributed by atoms with Crippen molar-refractivity contribution in [2.45, 2.75) is 44.2 Å². The van der Waals surface area contributed by atoms with Crippen LogP contribution in [-0.2, 0) is 22.3 Å². The van der Waals surface area contributed by atoms with Gasteiger partial charge in [-0.15, -0.1) is 0 Å². The van der Waals surface area contributed by atoms with E-state index < -0.39 is 23.5 Å². The Hall–Kier alpha value is -2.64. The molecule has 9 nitrogen and oxygen atoms in total. The van der Waals surface area contributed by atoms with Crippen LogP contribution in [-0.4, -0.2) is 77.1 Å². The van der Waals surface area contributed by atoms with E-state index in [4.69, 9.17) is 30.3 Å². The van der Waals surface area contributed by atoms with E-state index in [9.17, 15) is 18.3 Å². The average molecular weight is 571 g/mol. The van der Waals surface area contributed by atoms with Gasteiger partial charge in [-0.3, -0.25) is 9.58 Å². The van der Waals surface area contributed by atoms with Crippen LogP contribution in [0.2, 0.25) is 5.02 Å². The van der Waals surface area contributed by atoms with Crippen molar-refractivity contribution in [1.82, 2.24) is 19.8 Å². The maximum atomic E-state index is 14.3. The third kappa shape index (κ3) is 5.80. The first kappa shape index (κ1) is 27.9. The second-order valence-corrected chi connectivity index (χ2v) is 10.5. The van der Waals surface area contributed by atoms with Gasteiger partial charge < -0.3 is 23.8 Å². The van der Waals surface area contributed by atoms with Gasteiger partial charge in [0, 0.05) is 32.3 Å². The number of benzene rings is 1. The zero-order chi connectivity index (χ0) is 27.8. The number of methoxy groups -OCH3 is 1. The summed E-state index contributed by atoms with van der Waals surface area (Å²) < 4.78 is 65.9. The summed E-state index contributed by atoms with van der Waals surface area (Å²) in [4.78, 5) is 2.23. The van der Waals surface area contributed by atoms with E-state index in [-0.39, 0.29) is 41.5 Å². The molecule has 212 valence electrons. The molecule has 1 saturated carbocycles. The van der Waals surface area contributed by atoms with Crippen molar-refractivity contribution < 1.29 is 37.0 Å². The lowest BCUT2D eigenvalue weighted by molar-refractivity contribution is -0.148. The minimum atomic E-state index is -4.73. The first-order valence-electron chi connectivity index (χ1n) is 12.7. The lowest BCUT2D eigenvalue weighted by atomic mass is 9.77. The number of rotatable bonds is 9. The molecule has 1 aliphatic carbocycles. The topological polar surface area (TPSA) is 95.0 Å². The Morgan fingerprint density at radius 3 is 2.62 bits per heavy atom. The monoisotopic (exact) mass is 570 g/mol. The minimum Gasteiger partial charge on any atom is -0.491 e. The summed E-state index contributed by atoms with van der Waals surface area (Å²) in [6.45, 7) is 5.64. The summed E-state index contributed by atoms with van der Waals surface area (Å²) in [7, 11) is 1.43. The number of alkyl halides is 3. The van der Waals surface area contributed by atoms with Crippen molar-refractivity contribution in [2.75, 3.05) is 46.6 Å². The molecule has 2 aromatic heterocycles. The molecular formula is C26H30ClF3N4O5. The molecule has 0 amide bonds. The molecule has 2 fully saturated rings. The van der Waals surface area contributed by atoms with Crippen LogP contribution in [0.5, 0.6) is 5.75 Å². The van der Waals surface area contributed by atoms with Gasteiger partial charge in [0.2, 0.25) is 0 Å². The molecular weight excluding hydrogens is 541 g/mol. The quantitative estimate of drug-likeness (QED) is 0.391. The Bertz CT molecular complexity index is 1300. The Morgan fingerprint density at radius 2 is 1.95 bits per heavy atom. The first-order valence-corrected chi connectivity index (χ1v) is 13.0. The average Bonchev–Trinajstić information content (AvgIpc) is 3.49. The molecule has 1 N–H and O–H groups in total. The molecule has 3 aromatic rings. The molecule has 0 spiro atoms. The van der Waals surface area contributed by atoms with Crippen LogP contribution >= 0.6 is 11.6 Å². The van der Waals surface area contributed by atoms with Crippen molar-refractivity contribution >= 4 is 11.6 Å². The third-order valence-electron chi connectivity index (χ3n) is 7.07. The molecule has 1 saturated heterocycles. The van der Waals surface area contributed by atoms with Gasteiger partial charge in [0.25, 0.3) is 0 Å². The van der Waals surface area contributed by atoms with Crippen molar-refractivity contribution in [1.29, 1.82) is 0 Å². The van der Waals surface area contributed by atoms with E-state index in [0.29, 0.717) is 43.2 Å². The second-order valence-electron chi connectivity index (χ2n) is 10.1. The van der Waals surface area contributed by atoms with E-state index >= 15 is 0 Å². The zero-order valence-electron chi connectivity index (χ0n) is 21.6. The number of hydrogen-bond acceptors (Lipinski definition) is 8. The summed E-state index contributed by atoms with van der Waals surface area (Å²) in [5.74, 6) is 0.322. The van der Waals surface area contributed by atoms with Crippen LogP contribution in [0.15, 0.2) is 28.9 Å². The van der Waals surface area contributed by atoms with Crippen LogP contribution in [0.25, 0.3) is 22.6 Å². The van der Waals surface area contributed by atoms with Gasteiger partial charge in [0.05, 0.1) is 53.8 Å². The van der Waals surface area contributed by atoms with Gasteiger partial charge in [0.1, 0.15) is 18.1 Å². The van der Waals surface area contributed by atoms with E-state index in [1.807, 2.05) is 0 Å². The van der Waals surface area contributed by atoms with E-state index in [0.717, 1.165) is 24.0 Å². The largest absolute Gasteiger partial charge is 0.491 e. The van der Waals surface area contributed by atoms with Crippen LogP contribution in [0.4, 0.5) is 13.2 Å². The van der Waals surface area contributed by atoms with Crippen molar-refractivity contribution in [3.8, 4) is 28.3 Å². The summed E-state index contributed by atoms with van der Waals surface area (Å²) >= 11 is 6.69. The van der Waals surface area contributed by atoms with Gasteiger partial charge in [0.15, 0.2) is 11.5 Å². The Morgan fingerprint density at radius 1 is 1.21 bits per heavy atom. The smallest absolute Gasteiger partial charge is 0.433 e. The summed E-state index contributed by atoms with van der Waals surface area (Å²) in [6, 6.07) is 4.57. The van der Waals surface area contributed by atoms with Crippen molar-refractivity contribution in [2.24, 2.45) is 0 Å². The molecule has 1 aromatic carbocycles. The SMILES string of the molecule is COCc1c(-c2cccc(OCCN3CCOCC3)c2Cl)noc1-c1cnn([C@H]2C[C@@](C)(O)C2)c1C(F)(F)F. The van der Waals surface area contributed by atoms with E-state index in [1.165, 1.54) is 7.11 Å². The molecule has 39 heavy (non-hydrogen) atoms. The van der Waals surface area contributed by atoms with Crippen LogP contribution in [0.1, 0.15) is 37.1 Å². The summed E-state index contributed by atoms with van der Waals surface area (Å²) in [5, 5.41) is 18.5. The van der Waals surface area contributed by atoms with Gasteiger partial charge in [-0.1, -0.05) is 28.9 Å². The highest BCUT2D eigenvalue weighted by Gasteiger charge is 2.47. The van der Waals surface area contributed by atoms with Gasteiger partial charge in [-0.2, -0.15) is 18.3 Å². The van der Waals surface area contributed by atoms with Gasteiger partial charge in [-0.25, -0.2) is 0 Å². The second kappa shape index (κ2) is 11.1. The maximum Gasteiger partial charge on any atom is 0.433 e. The van der Waals surface area contributed by atoms with E-state index in [2.05, 4.69) is 15.2 Å². The maximum absolute atomic E-state index is 14.3. The highest BCUT2D eigenvalue weighted by molar-refractivity contribution is 6.34. The molecule has 3 heterocycles. The third-order valence-corrected chi connectivity index (χ3v) is 7.46. The molecule has 0 radical (unpaired) electrons. The molecule has 13 heteroatoms. The molecule has 1 aliphatic heterocycles. The summed E-state index contributed by atoms with van der Waals surface area (Å²) in [5.41, 5.74) is -1.24. The van der Waals surface area contributed by atoms with E-state index in [1.54, 1.807) is 25.1 Å². The predicted molar refractivity (Wildman–Crippen MR) is 136 cm³/mol. The number of morpholine rings is 1. The predicted octanol–water partition coefficient (Wildman–Crippen LogP) is 4.82. The molecule has 0 unspecified atom stereocenters. The number of ether oxygens (including phenoxy) is 3. The van der Waals surface area contributed by atoms with Crippen LogP contribution < -0.4 is 4.74 Å². The standard InChI is InChI=1S/C26H30ClF3N4O5/c1-25(35)12-16(13-25)34-24(26(28,29)30)18(14-31-34)23-19(15-36-2)22(32-39-23)17-4-3-5-20(21(17)27)38-11-8-33-6-9-37-10-7-33/h3-5,14,16,35H,6-13,15H2,1-2H3/t16-,25+. The van der Waals surface area contributed by atoms with Crippen molar-refractivity contribution in [3.63, 3.8) is 0 Å². The number of aromatic nitrogens is 3. The fraction of sp³-hybridized carbons (Fsp3) is 0.538. The number of halogens is 4. The number of aliphatic hydroxyl groups is 1. The zero-order valence-corrected chi connectivity index (χ0v) is 22.4. The fourth-order valence-corrected chi connectivity index (χ4v) is 5.41. The van der Waals surface area contributed by atoms with Crippen LogP contribution in [0.3, 0.4) is 0 Å². The number of hydrogen-bond donors (Lipinski definition) is 1. The molecule has 0 bridgehead atoms. The fourth-order valence-electron chi connectivity index (χ4n) is 5.14. The minimum absolute atomic E-state index is 0.0762. The highest BCUT2D eigenvalue weighted by Crippen LogP contribution is 2.47. The summed E-state index contributed by atoms with van der Waals surface area (Å²) in [6.07, 6.45) is -3.28. The lowest BCUT2D eigenvalue weighted by Gasteiger charge is -2.41. The molecule has 0 atom stereocenters. The van der Waals surface area contributed by atoms with Gasteiger partial charge >= 0.3 is 6.18 Å². The lowest BCUT2D eigenvalue weighted by Crippen LogP contribution is -2.43. The normalized spacial score (nSPS) is 22.2. The Kier molecular flexibility index (Phi) is 7.93. The molecule has 5 rings (SSSR count). The van der Waals surface area contributed by atoms with Crippen molar-refractivity contribution in [3.05, 3.63) is 40.7 Å². The Labute approximate surface area is 228 Å².